The molecule has 2 unspecified atom stereocenters. The van der Waals surface area contributed by atoms with Gasteiger partial charge < -0.3 is 5.32 Å². The number of hydrogen-bond donors (Lipinski definition) is 1. The Morgan fingerprint density at radius 3 is 3.20 bits per heavy atom. The fourth-order valence-corrected chi connectivity index (χ4v) is 4.03. The highest BCUT2D eigenvalue weighted by Crippen LogP contribution is 2.42. The van der Waals surface area contributed by atoms with E-state index in [0.29, 0.717) is 5.78 Å². The van der Waals surface area contributed by atoms with Crippen LogP contribution in [0.2, 0.25) is 0 Å². The van der Waals surface area contributed by atoms with Crippen LogP contribution >= 0.6 is 0 Å². The molecule has 0 aromatic carbocycles. The number of rotatable bonds is 4. The minimum atomic E-state index is -0.142. The maximum Gasteiger partial charge on any atom is 0.149 e. The number of aryl methyl sites for hydroxylation is 1. The molecule has 2 aliphatic rings. The molecule has 1 aliphatic carbocycles. The first-order valence-corrected chi connectivity index (χ1v) is 7.96. The van der Waals surface area contributed by atoms with Crippen molar-refractivity contribution >= 4 is 5.78 Å². The lowest BCUT2D eigenvalue weighted by molar-refractivity contribution is -0.132. The van der Waals surface area contributed by atoms with E-state index in [1.54, 1.807) is 0 Å². The lowest BCUT2D eigenvalue weighted by Gasteiger charge is -2.38. The molecule has 1 aromatic heterocycles. The van der Waals surface area contributed by atoms with Crippen molar-refractivity contribution in [1.29, 1.82) is 0 Å². The van der Waals surface area contributed by atoms with Gasteiger partial charge in [-0.2, -0.15) is 0 Å². The van der Waals surface area contributed by atoms with Crippen molar-refractivity contribution in [2.24, 2.45) is 5.41 Å². The van der Waals surface area contributed by atoms with Crippen molar-refractivity contribution in [3.05, 3.63) is 29.6 Å². The van der Waals surface area contributed by atoms with E-state index in [9.17, 15) is 4.79 Å². The van der Waals surface area contributed by atoms with Gasteiger partial charge >= 0.3 is 0 Å². The highest BCUT2D eigenvalue weighted by Gasteiger charge is 2.44. The molecule has 2 atom stereocenters. The van der Waals surface area contributed by atoms with Crippen LogP contribution in [-0.4, -0.2) is 23.9 Å². The summed E-state index contributed by atoms with van der Waals surface area (Å²) in [4.78, 5) is 17.7. The van der Waals surface area contributed by atoms with Gasteiger partial charge in [0.1, 0.15) is 5.78 Å². The number of ketones is 1. The molecule has 20 heavy (non-hydrogen) atoms. The number of pyridine rings is 1. The van der Waals surface area contributed by atoms with E-state index in [0.717, 1.165) is 57.3 Å². The van der Waals surface area contributed by atoms with Crippen molar-refractivity contribution in [2.75, 3.05) is 13.1 Å². The molecule has 0 radical (unpaired) electrons. The Hall–Kier alpha value is -1.22. The molecule has 1 aliphatic heterocycles. The van der Waals surface area contributed by atoms with Gasteiger partial charge in [0.2, 0.25) is 0 Å². The Labute approximate surface area is 121 Å². The topological polar surface area (TPSA) is 42.0 Å². The molecule has 0 bridgehead atoms. The van der Waals surface area contributed by atoms with Crippen LogP contribution in [0.3, 0.4) is 0 Å². The smallest absolute Gasteiger partial charge is 0.149 e. The second-order valence-corrected chi connectivity index (χ2v) is 6.31. The Kier molecular flexibility index (Phi) is 3.88. The fourth-order valence-electron chi connectivity index (χ4n) is 4.03. The molecule has 1 aromatic rings. The molecule has 3 nitrogen and oxygen atoms in total. The van der Waals surface area contributed by atoms with Crippen LogP contribution in [0.4, 0.5) is 0 Å². The average molecular weight is 272 g/mol. The summed E-state index contributed by atoms with van der Waals surface area (Å²) in [6, 6.07) is 4.11. The predicted octanol–water partition coefficient (Wildman–Crippen LogP) is 2.85. The molecule has 0 amide bonds. The molecule has 3 rings (SSSR count). The standard InChI is InChI=1S/C17H24N2O/c1-2-8-17(9-4-10-18-12-17)16(20)14-7-6-13-5-3-11-19-15(13)14/h3,5,11,14,18H,2,4,6-10,12H2,1H3. The minimum absolute atomic E-state index is 0.0395. The Bertz CT molecular complexity index is 486. The van der Waals surface area contributed by atoms with Crippen LogP contribution in [0.25, 0.3) is 0 Å². The number of hydrogen-bond acceptors (Lipinski definition) is 3. The van der Waals surface area contributed by atoms with E-state index in [2.05, 4.69) is 23.3 Å². The number of Topliss-reactive ketones (excluding diaryl/α,β-unsaturated/α-hetero) is 1. The monoisotopic (exact) mass is 272 g/mol. The van der Waals surface area contributed by atoms with E-state index < -0.39 is 0 Å². The van der Waals surface area contributed by atoms with Crippen LogP contribution in [0, 0.1) is 5.41 Å². The average Bonchev–Trinajstić information content (AvgIpc) is 2.91. The van der Waals surface area contributed by atoms with E-state index in [-0.39, 0.29) is 11.3 Å². The summed E-state index contributed by atoms with van der Waals surface area (Å²) in [6.45, 7) is 4.10. The minimum Gasteiger partial charge on any atom is -0.316 e. The van der Waals surface area contributed by atoms with Crippen LogP contribution in [-0.2, 0) is 11.2 Å². The highest BCUT2D eigenvalue weighted by molar-refractivity contribution is 5.92. The first-order valence-electron chi connectivity index (χ1n) is 7.96. The first kappa shape index (κ1) is 13.7. The summed E-state index contributed by atoms with van der Waals surface area (Å²) in [7, 11) is 0. The third kappa shape index (κ3) is 2.28. The third-order valence-corrected chi connectivity index (χ3v) is 5.00. The number of carbonyl (C=O) groups is 1. The highest BCUT2D eigenvalue weighted by atomic mass is 16.1. The van der Waals surface area contributed by atoms with Gasteiger partial charge in [0, 0.05) is 18.2 Å². The third-order valence-electron chi connectivity index (χ3n) is 5.00. The Morgan fingerprint density at radius 1 is 1.55 bits per heavy atom. The largest absolute Gasteiger partial charge is 0.316 e. The summed E-state index contributed by atoms with van der Waals surface area (Å²) >= 11 is 0. The van der Waals surface area contributed by atoms with E-state index in [1.165, 1.54) is 5.56 Å². The van der Waals surface area contributed by atoms with E-state index in [4.69, 9.17) is 0 Å². The Balaban J connectivity index is 1.87. The SMILES string of the molecule is CCCC1(C(=O)C2CCc3cccnc32)CCCNC1. The second-order valence-electron chi connectivity index (χ2n) is 6.31. The van der Waals surface area contributed by atoms with Crippen LogP contribution < -0.4 is 5.32 Å². The van der Waals surface area contributed by atoms with Gasteiger partial charge in [-0.25, -0.2) is 0 Å². The van der Waals surface area contributed by atoms with Crippen LogP contribution in [0.15, 0.2) is 18.3 Å². The molecule has 0 saturated carbocycles. The summed E-state index contributed by atoms with van der Waals surface area (Å²) in [5.41, 5.74) is 2.19. The number of piperidine rings is 1. The molecule has 0 spiro atoms. The maximum atomic E-state index is 13.2. The maximum absolute atomic E-state index is 13.2. The molecule has 3 heteroatoms. The summed E-state index contributed by atoms with van der Waals surface area (Å²) in [5, 5.41) is 3.45. The van der Waals surface area contributed by atoms with Crippen LogP contribution in [0.5, 0.6) is 0 Å². The van der Waals surface area contributed by atoms with Gasteiger partial charge in [-0.1, -0.05) is 19.4 Å². The van der Waals surface area contributed by atoms with E-state index in [1.807, 2.05) is 12.3 Å². The molecule has 1 N–H and O–H groups in total. The molecule has 1 saturated heterocycles. The summed E-state index contributed by atoms with van der Waals surface area (Å²) in [5.74, 6) is 0.488. The number of nitrogens with zero attached hydrogens (tertiary/aromatic N) is 1. The first-order chi connectivity index (χ1) is 9.77. The van der Waals surface area contributed by atoms with Crippen molar-refractivity contribution in [1.82, 2.24) is 10.3 Å². The van der Waals surface area contributed by atoms with Crippen LogP contribution in [0.1, 0.15) is 56.2 Å². The lowest BCUT2D eigenvalue weighted by atomic mass is 9.69. The number of carbonyl (C=O) groups excluding carboxylic acids is 1. The van der Waals surface area contributed by atoms with Gasteiger partial charge in [-0.3, -0.25) is 9.78 Å². The zero-order valence-electron chi connectivity index (χ0n) is 12.3. The predicted molar refractivity (Wildman–Crippen MR) is 79.8 cm³/mol. The Morgan fingerprint density at radius 2 is 2.45 bits per heavy atom. The van der Waals surface area contributed by atoms with Crippen molar-refractivity contribution in [3.63, 3.8) is 0 Å². The second kappa shape index (κ2) is 5.65. The lowest BCUT2D eigenvalue weighted by Crippen LogP contribution is -2.47. The zero-order chi connectivity index (χ0) is 14.0. The number of aromatic nitrogens is 1. The quantitative estimate of drug-likeness (QED) is 0.916. The van der Waals surface area contributed by atoms with Crippen molar-refractivity contribution in [3.8, 4) is 0 Å². The molecule has 108 valence electrons. The fraction of sp³-hybridized carbons (Fsp3) is 0.647. The number of nitrogens with one attached hydrogen (secondary N) is 1. The zero-order valence-corrected chi connectivity index (χ0v) is 12.3. The van der Waals surface area contributed by atoms with Crippen molar-refractivity contribution in [2.45, 2.75) is 51.4 Å². The summed E-state index contributed by atoms with van der Waals surface area (Å²) < 4.78 is 0. The van der Waals surface area contributed by atoms with Crippen molar-refractivity contribution < 1.29 is 4.79 Å². The number of fused-ring (bicyclic) bond motifs is 1. The van der Waals surface area contributed by atoms with Gasteiger partial charge in [0.25, 0.3) is 0 Å². The molecular weight excluding hydrogens is 248 g/mol. The van der Waals surface area contributed by atoms with Gasteiger partial charge in [0.05, 0.1) is 11.6 Å². The molecule has 2 heterocycles. The van der Waals surface area contributed by atoms with Gasteiger partial charge in [0.15, 0.2) is 0 Å². The normalized spacial score (nSPS) is 29.1. The van der Waals surface area contributed by atoms with Gasteiger partial charge in [-0.05, 0) is 50.3 Å². The summed E-state index contributed by atoms with van der Waals surface area (Å²) in [6.07, 6.45) is 8.05. The molecular formula is C17H24N2O. The molecule has 1 fully saturated rings. The van der Waals surface area contributed by atoms with E-state index >= 15 is 0 Å². The van der Waals surface area contributed by atoms with Gasteiger partial charge in [-0.15, -0.1) is 0 Å².